The van der Waals surface area contributed by atoms with Crippen LogP contribution in [0.25, 0.3) is 23.0 Å². The number of halogens is 2. The largest absolute Gasteiger partial charge is 0.365 e. The van der Waals surface area contributed by atoms with E-state index in [1.54, 1.807) is 35.0 Å². The summed E-state index contributed by atoms with van der Waals surface area (Å²) >= 11 is 0. The Hall–Kier alpha value is -3.46. The minimum Gasteiger partial charge on any atom is -0.365 e. The maximum absolute atomic E-state index is 13.9. The molecule has 1 aliphatic heterocycles. The molecule has 0 amide bonds. The van der Waals surface area contributed by atoms with Gasteiger partial charge in [-0.3, -0.25) is 0 Å². The Morgan fingerprint density at radius 1 is 1.04 bits per heavy atom. The van der Waals surface area contributed by atoms with Crippen LogP contribution < -0.4 is 0 Å². The van der Waals surface area contributed by atoms with Crippen LogP contribution in [0, 0.1) is 11.6 Å². The fourth-order valence-corrected chi connectivity index (χ4v) is 3.13. The minimum absolute atomic E-state index is 0.135. The van der Waals surface area contributed by atoms with Gasteiger partial charge >= 0.3 is 0 Å². The lowest BCUT2D eigenvalue weighted by atomic mass is 10.1. The number of hydrogen-bond donors (Lipinski definition) is 0. The van der Waals surface area contributed by atoms with Gasteiger partial charge in [0.15, 0.2) is 5.69 Å². The molecule has 9 heteroatoms. The van der Waals surface area contributed by atoms with Crippen LogP contribution in [0.5, 0.6) is 0 Å². The van der Waals surface area contributed by atoms with Gasteiger partial charge in [-0.15, -0.1) is 5.10 Å². The van der Waals surface area contributed by atoms with Crippen molar-refractivity contribution in [3.63, 3.8) is 0 Å². The van der Waals surface area contributed by atoms with Crippen molar-refractivity contribution in [3.8, 4) is 23.0 Å². The van der Waals surface area contributed by atoms with Crippen molar-refractivity contribution in [1.82, 2.24) is 25.1 Å². The molecule has 0 N–H and O–H groups in total. The summed E-state index contributed by atoms with van der Waals surface area (Å²) in [5, 5.41) is 12.1. The van der Waals surface area contributed by atoms with Crippen molar-refractivity contribution < 1.29 is 18.0 Å². The van der Waals surface area contributed by atoms with E-state index in [0.717, 1.165) is 5.56 Å². The van der Waals surface area contributed by atoms with Crippen LogP contribution in [0.15, 0.2) is 53.1 Å². The summed E-state index contributed by atoms with van der Waals surface area (Å²) in [4.78, 5) is 4.25. The van der Waals surface area contributed by atoms with Gasteiger partial charge in [-0.1, -0.05) is 34.6 Å². The Bertz CT molecular complexity index is 1140. The first-order valence-corrected chi connectivity index (χ1v) is 8.57. The number of benzene rings is 2. The predicted octanol–water partition coefficient (Wildman–Crippen LogP) is 3.54. The van der Waals surface area contributed by atoms with Crippen molar-refractivity contribution in [3.05, 3.63) is 71.4 Å². The molecule has 1 atom stereocenters. The lowest BCUT2D eigenvalue weighted by Crippen LogP contribution is -2.22. The Balaban J connectivity index is 1.43. The van der Waals surface area contributed by atoms with Gasteiger partial charge in [0, 0.05) is 0 Å². The normalized spacial score (nSPS) is 16.1. The Morgan fingerprint density at radius 3 is 2.68 bits per heavy atom. The molecule has 0 spiro atoms. The van der Waals surface area contributed by atoms with Crippen molar-refractivity contribution >= 4 is 0 Å². The van der Waals surface area contributed by atoms with Crippen LogP contribution in [0.1, 0.15) is 17.4 Å². The average Bonchev–Trinajstić information content (AvgIpc) is 3.35. The molecular weight excluding hydrogens is 368 g/mol. The van der Waals surface area contributed by atoms with Gasteiger partial charge in [-0.05, 0) is 29.8 Å². The number of ether oxygens (including phenoxy) is 1. The molecule has 7 nitrogen and oxygen atoms in total. The number of nitrogens with zero attached hydrogens (tertiary/aromatic N) is 5. The van der Waals surface area contributed by atoms with E-state index in [2.05, 4.69) is 20.5 Å². The topological polar surface area (TPSA) is 78.9 Å². The zero-order valence-corrected chi connectivity index (χ0v) is 14.4. The van der Waals surface area contributed by atoms with E-state index in [-0.39, 0.29) is 35.8 Å². The summed E-state index contributed by atoms with van der Waals surface area (Å²) < 4.78 is 39.9. The summed E-state index contributed by atoms with van der Waals surface area (Å²) in [6, 6.07) is 12.3. The first-order chi connectivity index (χ1) is 13.7. The molecule has 2 aromatic heterocycles. The van der Waals surface area contributed by atoms with E-state index >= 15 is 0 Å². The van der Waals surface area contributed by atoms with Crippen molar-refractivity contribution in [2.75, 3.05) is 0 Å². The second-order valence-corrected chi connectivity index (χ2v) is 6.32. The van der Waals surface area contributed by atoms with Crippen LogP contribution in [-0.2, 0) is 17.9 Å². The van der Waals surface area contributed by atoms with Gasteiger partial charge in [0.1, 0.15) is 17.7 Å². The smallest absolute Gasteiger partial charge is 0.280 e. The Morgan fingerprint density at radius 2 is 1.86 bits per heavy atom. The highest BCUT2D eigenvalue weighted by Gasteiger charge is 2.28. The first kappa shape index (κ1) is 16.7. The van der Waals surface area contributed by atoms with Crippen molar-refractivity contribution in [2.45, 2.75) is 19.3 Å². The second-order valence-electron chi connectivity index (χ2n) is 6.32. The molecule has 0 saturated carbocycles. The summed E-state index contributed by atoms with van der Waals surface area (Å²) in [6.07, 6.45) is -0.265. The highest BCUT2D eigenvalue weighted by Crippen LogP contribution is 2.31. The molecule has 5 rings (SSSR count). The van der Waals surface area contributed by atoms with E-state index < -0.39 is 5.82 Å². The molecule has 0 saturated heterocycles. The third-order valence-electron chi connectivity index (χ3n) is 4.58. The SMILES string of the molecule is Fc1ccc(C2Cn3nnc(-c4nc(-c5ccccc5F)no4)c3CO2)cc1. The van der Waals surface area contributed by atoms with Gasteiger partial charge in [-0.25, -0.2) is 13.5 Å². The van der Waals surface area contributed by atoms with Crippen LogP contribution in [0.3, 0.4) is 0 Å². The maximum atomic E-state index is 13.9. The molecule has 140 valence electrons. The van der Waals surface area contributed by atoms with Crippen LogP contribution in [-0.4, -0.2) is 25.1 Å². The molecular formula is C19H13F2N5O2. The van der Waals surface area contributed by atoms with E-state index in [4.69, 9.17) is 9.26 Å². The summed E-state index contributed by atoms with van der Waals surface area (Å²) in [7, 11) is 0. The molecule has 28 heavy (non-hydrogen) atoms. The summed E-state index contributed by atoms with van der Waals surface area (Å²) in [6.45, 7) is 0.643. The lowest BCUT2D eigenvalue weighted by molar-refractivity contribution is -0.00120. The zero-order chi connectivity index (χ0) is 19.1. The molecule has 0 aliphatic carbocycles. The van der Waals surface area contributed by atoms with Gasteiger partial charge in [0.25, 0.3) is 5.89 Å². The lowest BCUT2D eigenvalue weighted by Gasteiger charge is -2.24. The second kappa shape index (κ2) is 6.61. The zero-order valence-electron chi connectivity index (χ0n) is 14.4. The molecule has 0 radical (unpaired) electrons. The molecule has 0 bridgehead atoms. The Labute approximate surface area is 157 Å². The van der Waals surface area contributed by atoms with Crippen molar-refractivity contribution in [1.29, 1.82) is 0 Å². The fourth-order valence-electron chi connectivity index (χ4n) is 3.13. The third-order valence-corrected chi connectivity index (χ3v) is 4.58. The summed E-state index contributed by atoms with van der Waals surface area (Å²) in [5.41, 5.74) is 2.17. The maximum Gasteiger partial charge on any atom is 0.280 e. The van der Waals surface area contributed by atoms with Crippen LogP contribution >= 0.6 is 0 Å². The minimum atomic E-state index is -0.440. The van der Waals surface area contributed by atoms with Crippen LogP contribution in [0.4, 0.5) is 8.78 Å². The molecule has 4 aromatic rings. The first-order valence-electron chi connectivity index (χ1n) is 8.57. The molecule has 3 heterocycles. The third kappa shape index (κ3) is 2.85. The average molecular weight is 381 g/mol. The van der Waals surface area contributed by atoms with E-state index in [1.165, 1.54) is 18.2 Å². The van der Waals surface area contributed by atoms with E-state index in [1.807, 2.05) is 0 Å². The number of rotatable bonds is 3. The fraction of sp³-hybridized carbons (Fsp3) is 0.158. The summed E-state index contributed by atoms with van der Waals surface area (Å²) in [5.74, 6) is -0.463. The number of fused-ring (bicyclic) bond motifs is 1. The molecule has 1 unspecified atom stereocenters. The molecule has 1 aliphatic rings. The van der Waals surface area contributed by atoms with Gasteiger partial charge < -0.3 is 9.26 Å². The highest BCUT2D eigenvalue weighted by molar-refractivity contribution is 5.59. The number of aromatic nitrogens is 5. The van der Waals surface area contributed by atoms with Gasteiger partial charge in [0.2, 0.25) is 5.82 Å². The monoisotopic (exact) mass is 381 g/mol. The molecule has 2 aromatic carbocycles. The quantitative estimate of drug-likeness (QED) is 0.540. The van der Waals surface area contributed by atoms with E-state index in [9.17, 15) is 8.78 Å². The van der Waals surface area contributed by atoms with Gasteiger partial charge in [-0.2, -0.15) is 4.98 Å². The van der Waals surface area contributed by atoms with Crippen molar-refractivity contribution in [2.24, 2.45) is 0 Å². The highest BCUT2D eigenvalue weighted by atomic mass is 19.1. The molecule has 0 fully saturated rings. The number of hydrogen-bond acceptors (Lipinski definition) is 6. The predicted molar refractivity (Wildman–Crippen MR) is 92.6 cm³/mol. The standard InChI is InChI=1S/C19H13F2N5O2/c20-12-7-5-11(6-8-12)16-9-26-15(10-27-16)17(23-25-26)19-22-18(24-28-19)13-3-1-2-4-14(13)21/h1-8,16H,9-10H2. The van der Waals surface area contributed by atoms with Gasteiger partial charge in [0.05, 0.1) is 24.4 Å². The Kier molecular flexibility index (Phi) is 3.94. The van der Waals surface area contributed by atoms with Crippen LogP contribution in [0.2, 0.25) is 0 Å². The van der Waals surface area contributed by atoms with E-state index in [0.29, 0.717) is 17.9 Å².